The van der Waals surface area contributed by atoms with Crippen molar-refractivity contribution in [2.24, 2.45) is 0 Å². The van der Waals surface area contributed by atoms with Gasteiger partial charge < -0.3 is 15.5 Å². The molecule has 2 N–H and O–H groups in total. The number of benzene rings is 1. The van der Waals surface area contributed by atoms with Gasteiger partial charge in [-0.05, 0) is 31.0 Å². The summed E-state index contributed by atoms with van der Waals surface area (Å²) < 4.78 is 0. The van der Waals surface area contributed by atoms with E-state index < -0.39 is 0 Å². The summed E-state index contributed by atoms with van der Waals surface area (Å²) in [5.41, 5.74) is 2.11. The first kappa shape index (κ1) is 13.8. The molecule has 5 heteroatoms. The van der Waals surface area contributed by atoms with Crippen LogP contribution in [0.25, 0.3) is 0 Å². The number of carbonyl (C=O) groups is 1. The topological polar surface area (TPSA) is 44.4 Å². The van der Waals surface area contributed by atoms with Crippen molar-refractivity contribution in [3.63, 3.8) is 0 Å². The molecule has 20 heavy (non-hydrogen) atoms. The van der Waals surface area contributed by atoms with Crippen LogP contribution in [0.5, 0.6) is 0 Å². The smallest absolute Gasteiger partial charge is 0.242 e. The molecule has 2 saturated heterocycles. The fraction of sp³-hybridized carbons (Fsp3) is 0.533. The van der Waals surface area contributed by atoms with Crippen LogP contribution in [-0.4, -0.2) is 43.1 Å². The monoisotopic (exact) mass is 291 g/mol. The third-order valence-electron chi connectivity index (χ3n) is 3.82. The molecule has 2 aliphatic rings. The average Bonchev–Trinajstić information content (AvgIpc) is 3.03. The molecule has 0 saturated carbocycles. The molecule has 0 aliphatic carbocycles. The van der Waals surface area contributed by atoms with E-state index in [1.54, 1.807) is 0 Å². The zero-order valence-electron chi connectivity index (χ0n) is 11.6. The van der Waals surface area contributed by atoms with Gasteiger partial charge in [0.1, 0.15) is 0 Å². The van der Waals surface area contributed by atoms with E-state index in [1.165, 1.54) is 18.5 Å². The van der Waals surface area contributed by atoms with Crippen LogP contribution in [0.3, 0.4) is 0 Å². The largest absolute Gasteiger partial charge is 0.371 e. The molecule has 4 nitrogen and oxygen atoms in total. The van der Waals surface area contributed by atoms with Gasteiger partial charge in [-0.25, -0.2) is 0 Å². The molecule has 1 amide bonds. The number of carbonyl (C=O) groups excluding carboxylic acids is 1. The Labute approximate surface area is 124 Å². The Balaban J connectivity index is 1.64. The van der Waals surface area contributed by atoms with Crippen LogP contribution in [0.4, 0.5) is 11.4 Å². The summed E-state index contributed by atoms with van der Waals surface area (Å²) in [5.74, 6) is 2.03. The minimum atomic E-state index is -0.0656. The molecule has 1 atom stereocenters. The second-order valence-corrected chi connectivity index (χ2v) is 6.47. The number of anilines is 2. The zero-order chi connectivity index (χ0) is 13.8. The summed E-state index contributed by atoms with van der Waals surface area (Å²) in [6.07, 6.45) is 2.53. The van der Waals surface area contributed by atoms with Gasteiger partial charge in [0.15, 0.2) is 0 Å². The van der Waals surface area contributed by atoms with Crippen molar-refractivity contribution in [3.8, 4) is 0 Å². The van der Waals surface area contributed by atoms with Gasteiger partial charge in [0.25, 0.3) is 0 Å². The molecule has 1 unspecified atom stereocenters. The number of rotatable bonds is 3. The average molecular weight is 291 g/mol. The van der Waals surface area contributed by atoms with Crippen molar-refractivity contribution in [1.29, 1.82) is 0 Å². The molecule has 1 aromatic carbocycles. The lowest BCUT2D eigenvalue weighted by Crippen LogP contribution is -2.46. The van der Waals surface area contributed by atoms with Crippen molar-refractivity contribution in [1.82, 2.24) is 5.32 Å². The summed E-state index contributed by atoms with van der Waals surface area (Å²) >= 11 is 1.83. The molecule has 0 radical (unpaired) electrons. The van der Waals surface area contributed by atoms with Crippen molar-refractivity contribution in [3.05, 3.63) is 24.3 Å². The molecule has 108 valence electrons. The Morgan fingerprint density at radius 3 is 2.95 bits per heavy atom. The first-order valence-electron chi connectivity index (χ1n) is 7.30. The molecule has 3 rings (SSSR count). The fourth-order valence-corrected chi connectivity index (χ4v) is 3.65. The van der Waals surface area contributed by atoms with E-state index in [9.17, 15) is 4.79 Å². The van der Waals surface area contributed by atoms with E-state index in [1.807, 2.05) is 23.9 Å². The fourth-order valence-electron chi connectivity index (χ4n) is 2.72. The Morgan fingerprint density at radius 1 is 1.35 bits per heavy atom. The van der Waals surface area contributed by atoms with E-state index in [2.05, 4.69) is 27.7 Å². The lowest BCUT2D eigenvalue weighted by atomic mass is 10.2. The van der Waals surface area contributed by atoms with Crippen molar-refractivity contribution < 1.29 is 4.79 Å². The van der Waals surface area contributed by atoms with Gasteiger partial charge in [-0.15, -0.1) is 0 Å². The predicted octanol–water partition coefficient (Wildman–Crippen LogP) is 1.93. The molecule has 0 aromatic heterocycles. The summed E-state index contributed by atoms with van der Waals surface area (Å²) in [6.45, 7) is 3.16. The molecule has 2 heterocycles. The summed E-state index contributed by atoms with van der Waals surface area (Å²) in [5, 5.41) is 6.30. The second kappa shape index (κ2) is 6.50. The molecule has 0 bridgehead atoms. The van der Waals surface area contributed by atoms with Crippen LogP contribution in [0, 0.1) is 0 Å². The van der Waals surface area contributed by atoms with Gasteiger partial charge in [0.05, 0.1) is 6.04 Å². The third kappa shape index (κ3) is 3.27. The molecule has 2 fully saturated rings. The minimum absolute atomic E-state index is 0.0656. The maximum absolute atomic E-state index is 12.2. The number of thioether (sulfide) groups is 1. The van der Waals surface area contributed by atoms with Crippen LogP contribution >= 0.6 is 11.8 Å². The van der Waals surface area contributed by atoms with E-state index in [-0.39, 0.29) is 11.9 Å². The van der Waals surface area contributed by atoms with E-state index >= 15 is 0 Å². The van der Waals surface area contributed by atoms with Gasteiger partial charge >= 0.3 is 0 Å². The van der Waals surface area contributed by atoms with E-state index in [0.29, 0.717) is 0 Å². The van der Waals surface area contributed by atoms with Crippen molar-refractivity contribution >= 4 is 29.0 Å². The van der Waals surface area contributed by atoms with E-state index in [4.69, 9.17) is 0 Å². The molecule has 1 aromatic rings. The van der Waals surface area contributed by atoms with Crippen LogP contribution in [-0.2, 0) is 4.79 Å². The number of nitrogens with one attached hydrogen (secondary N) is 2. The SMILES string of the molecule is O=C(Nc1cccc(N2CCCC2)c1)C1CSCCN1. The lowest BCUT2D eigenvalue weighted by molar-refractivity contribution is -0.117. The first-order chi connectivity index (χ1) is 9.83. The predicted molar refractivity (Wildman–Crippen MR) is 85.6 cm³/mol. The summed E-state index contributed by atoms with van der Waals surface area (Å²) in [4.78, 5) is 14.6. The third-order valence-corrected chi connectivity index (χ3v) is 4.88. The Morgan fingerprint density at radius 2 is 2.20 bits per heavy atom. The quantitative estimate of drug-likeness (QED) is 0.893. The maximum atomic E-state index is 12.2. The highest BCUT2D eigenvalue weighted by Crippen LogP contribution is 2.23. The van der Waals surface area contributed by atoms with E-state index in [0.717, 1.165) is 36.8 Å². The van der Waals surface area contributed by atoms with Crippen LogP contribution < -0.4 is 15.5 Å². The normalized spacial score (nSPS) is 22.8. The van der Waals surface area contributed by atoms with Gasteiger partial charge in [-0.3, -0.25) is 4.79 Å². The first-order valence-corrected chi connectivity index (χ1v) is 8.45. The summed E-state index contributed by atoms with van der Waals surface area (Å²) in [6, 6.07) is 8.12. The van der Waals surface area contributed by atoms with Crippen molar-refractivity contribution in [2.45, 2.75) is 18.9 Å². The van der Waals surface area contributed by atoms with Crippen LogP contribution in [0.2, 0.25) is 0 Å². The van der Waals surface area contributed by atoms with Crippen LogP contribution in [0.1, 0.15) is 12.8 Å². The molecular formula is C15H21N3OS. The van der Waals surface area contributed by atoms with Gasteiger partial charge in [-0.2, -0.15) is 11.8 Å². The Bertz CT molecular complexity index is 468. The van der Waals surface area contributed by atoms with Crippen LogP contribution in [0.15, 0.2) is 24.3 Å². The number of hydrogen-bond donors (Lipinski definition) is 2. The highest BCUT2D eigenvalue weighted by Gasteiger charge is 2.21. The Hall–Kier alpha value is -1.20. The number of amides is 1. The Kier molecular flexibility index (Phi) is 4.47. The lowest BCUT2D eigenvalue weighted by Gasteiger charge is -2.23. The highest BCUT2D eigenvalue weighted by molar-refractivity contribution is 7.99. The van der Waals surface area contributed by atoms with Gasteiger partial charge in [-0.1, -0.05) is 6.07 Å². The molecular weight excluding hydrogens is 270 g/mol. The highest BCUT2D eigenvalue weighted by atomic mass is 32.2. The molecule has 0 spiro atoms. The van der Waals surface area contributed by atoms with Crippen molar-refractivity contribution in [2.75, 3.05) is 41.4 Å². The summed E-state index contributed by atoms with van der Waals surface area (Å²) in [7, 11) is 0. The standard InChI is InChI=1S/C15H21N3OS/c19-15(14-11-20-9-6-16-14)17-12-4-3-5-13(10-12)18-7-1-2-8-18/h3-5,10,14,16H,1-2,6-9,11H2,(H,17,19). The molecule has 2 aliphatic heterocycles. The van der Waals surface area contributed by atoms with Gasteiger partial charge in [0, 0.05) is 42.5 Å². The second-order valence-electron chi connectivity index (χ2n) is 5.32. The number of nitrogens with zero attached hydrogens (tertiary/aromatic N) is 1. The maximum Gasteiger partial charge on any atom is 0.242 e. The minimum Gasteiger partial charge on any atom is -0.371 e. The zero-order valence-corrected chi connectivity index (χ0v) is 12.4. The number of hydrogen-bond acceptors (Lipinski definition) is 4. The van der Waals surface area contributed by atoms with Gasteiger partial charge in [0.2, 0.25) is 5.91 Å².